The van der Waals surface area contributed by atoms with E-state index in [1.807, 2.05) is 0 Å². The second kappa shape index (κ2) is 20.8. The summed E-state index contributed by atoms with van der Waals surface area (Å²) in [4.78, 5) is 92.0. The Morgan fingerprint density at radius 3 is 2.23 bits per heavy atom. The number of rotatable bonds is 11. The summed E-state index contributed by atoms with van der Waals surface area (Å²) in [5.74, 6) is -3.24. The Morgan fingerprint density at radius 2 is 1.58 bits per heavy atom. The maximum atomic E-state index is 14.6. The molecule has 3 heterocycles. The number of nitrogens with one attached hydrogen (secondary N) is 4. The summed E-state index contributed by atoms with van der Waals surface area (Å²) in [5.41, 5.74) is 0.106. The number of ketones is 1. The summed E-state index contributed by atoms with van der Waals surface area (Å²) < 4.78 is 0. The highest BCUT2D eigenvalue weighted by Gasteiger charge is 2.45. The second-order valence-corrected chi connectivity index (χ2v) is 15.1. The molecule has 0 spiro atoms. The monoisotopic (exact) mass is 721 g/mol. The number of nitrogens with zero attached hydrogens (tertiary/aromatic N) is 3. The summed E-state index contributed by atoms with van der Waals surface area (Å²) in [6, 6.07) is -3.66. The molecule has 0 aromatic carbocycles. The van der Waals surface area contributed by atoms with Crippen LogP contribution >= 0.6 is 0 Å². The van der Waals surface area contributed by atoms with Crippen molar-refractivity contribution in [2.75, 3.05) is 13.1 Å². The number of Topliss-reactive ketones (excluding diaryl/α,β-unsaturated/α-hetero) is 1. The molecular formula is C39H59N7O6. The molecule has 1 aliphatic carbocycles. The molecular weight excluding hydrogens is 662 g/mol. The van der Waals surface area contributed by atoms with Crippen LogP contribution in [0.1, 0.15) is 127 Å². The van der Waals surface area contributed by atoms with Crippen molar-refractivity contribution in [1.82, 2.24) is 36.1 Å². The summed E-state index contributed by atoms with van der Waals surface area (Å²) in [5, 5.41) is 11.4. The van der Waals surface area contributed by atoms with Crippen LogP contribution < -0.4 is 21.3 Å². The van der Waals surface area contributed by atoms with E-state index in [0.29, 0.717) is 45.1 Å². The predicted octanol–water partition coefficient (Wildman–Crippen LogP) is 3.78. The van der Waals surface area contributed by atoms with Gasteiger partial charge in [0.05, 0.1) is 12.2 Å². The van der Waals surface area contributed by atoms with Crippen LogP contribution in [0.25, 0.3) is 0 Å². The van der Waals surface area contributed by atoms with E-state index in [9.17, 15) is 28.8 Å². The first kappa shape index (κ1) is 40.6. The van der Waals surface area contributed by atoms with Gasteiger partial charge >= 0.3 is 0 Å². The molecule has 52 heavy (non-hydrogen) atoms. The van der Waals surface area contributed by atoms with Crippen LogP contribution in [0, 0.1) is 17.8 Å². The van der Waals surface area contributed by atoms with Crippen LogP contribution in [-0.4, -0.2) is 87.4 Å². The second-order valence-electron chi connectivity index (χ2n) is 15.1. The Bertz CT molecular complexity index is 1380. The van der Waals surface area contributed by atoms with Gasteiger partial charge in [0.25, 0.3) is 11.8 Å². The number of hydrogen-bond acceptors (Lipinski definition) is 8. The van der Waals surface area contributed by atoms with Gasteiger partial charge in [-0.1, -0.05) is 84.1 Å². The van der Waals surface area contributed by atoms with Gasteiger partial charge in [-0.05, 0) is 56.3 Å². The highest BCUT2D eigenvalue weighted by Crippen LogP contribution is 2.32. The molecule has 1 aromatic rings. The van der Waals surface area contributed by atoms with Gasteiger partial charge in [-0.3, -0.25) is 33.8 Å². The standard InChI is InChI=1S/C39H59N7O6/c1-4-20-42-38(51)34(47)29-17-13-8-6-5-7-9-14-18-30(39(52)46-23-19-28(24-26(2)3)33(46)37(50)43-29)44-36(49)32(27-15-11-10-12-16-27)45-35(48)31-25-40-21-22-41-31/h4,21-22,25-30,32-33H,1,5-20,23-24H2,2-3H3,(H,42,51)(H,43,50)(H,44,49)(H,45,48)/t28-,29+,30+,32+,33+/m1/s1. The van der Waals surface area contributed by atoms with E-state index in [2.05, 4.69) is 51.7 Å². The third kappa shape index (κ3) is 11.7. The third-order valence-electron chi connectivity index (χ3n) is 10.7. The maximum Gasteiger partial charge on any atom is 0.289 e. The Labute approximate surface area is 308 Å². The van der Waals surface area contributed by atoms with E-state index in [4.69, 9.17) is 0 Å². The Kier molecular flexibility index (Phi) is 16.2. The molecule has 1 saturated carbocycles. The van der Waals surface area contributed by atoms with E-state index in [0.717, 1.165) is 64.2 Å². The van der Waals surface area contributed by atoms with E-state index in [1.54, 1.807) is 4.90 Å². The normalized spacial score (nSPS) is 24.6. The predicted molar refractivity (Wildman–Crippen MR) is 197 cm³/mol. The smallest absolute Gasteiger partial charge is 0.289 e. The third-order valence-corrected chi connectivity index (χ3v) is 10.7. The lowest BCUT2D eigenvalue weighted by molar-refractivity contribution is -0.144. The number of amides is 5. The van der Waals surface area contributed by atoms with Gasteiger partial charge in [0.2, 0.25) is 23.5 Å². The first-order valence-corrected chi connectivity index (χ1v) is 19.5. The summed E-state index contributed by atoms with van der Waals surface area (Å²) in [6.45, 7) is 8.18. The topological polar surface area (TPSA) is 180 Å². The Balaban J connectivity index is 1.61. The van der Waals surface area contributed by atoms with Gasteiger partial charge < -0.3 is 26.2 Å². The fraction of sp³-hybridized carbons (Fsp3) is 0.692. The molecule has 13 heteroatoms. The van der Waals surface area contributed by atoms with Crippen molar-refractivity contribution in [3.05, 3.63) is 36.9 Å². The number of hydrogen-bond donors (Lipinski definition) is 4. The maximum absolute atomic E-state index is 14.6. The van der Waals surface area contributed by atoms with Crippen molar-refractivity contribution in [1.29, 1.82) is 0 Å². The van der Waals surface area contributed by atoms with Gasteiger partial charge in [-0.2, -0.15) is 0 Å². The van der Waals surface area contributed by atoms with Crippen molar-refractivity contribution < 1.29 is 28.8 Å². The van der Waals surface area contributed by atoms with Crippen molar-refractivity contribution in [3.63, 3.8) is 0 Å². The van der Waals surface area contributed by atoms with E-state index < -0.39 is 53.6 Å². The minimum absolute atomic E-state index is 0.102. The molecule has 13 nitrogen and oxygen atoms in total. The first-order valence-electron chi connectivity index (χ1n) is 19.5. The highest BCUT2D eigenvalue weighted by molar-refractivity contribution is 6.38. The fourth-order valence-corrected chi connectivity index (χ4v) is 8.04. The molecule has 5 amide bonds. The average molecular weight is 722 g/mol. The lowest BCUT2D eigenvalue weighted by Gasteiger charge is -2.34. The van der Waals surface area contributed by atoms with Gasteiger partial charge in [-0.15, -0.1) is 6.58 Å². The number of fused-ring (bicyclic) bond motifs is 1. The van der Waals surface area contributed by atoms with Gasteiger partial charge in [0.1, 0.15) is 23.8 Å². The highest BCUT2D eigenvalue weighted by atomic mass is 16.2. The summed E-state index contributed by atoms with van der Waals surface area (Å²) >= 11 is 0. The molecule has 0 bridgehead atoms. The van der Waals surface area contributed by atoms with Crippen LogP contribution in [0.15, 0.2) is 31.2 Å². The van der Waals surface area contributed by atoms with E-state index in [-0.39, 0.29) is 35.9 Å². The molecule has 2 saturated heterocycles. The lowest BCUT2D eigenvalue weighted by atomic mass is 9.83. The zero-order valence-electron chi connectivity index (χ0n) is 31.1. The van der Waals surface area contributed by atoms with Crippen LogP contribution in [-0.2, 0) is 24.0 Å². The molecule has 286 valence electrons. The molecule has 1 aromatic heterocycles. The lowest BCUT2D eigenvalue weighted by Crippen LogP contribution is -2.59. The zero-order valence-corrected chi connectivity index (χ0v) is 31.1. The van der Waals surface area contributed by atoms with Crippen LogP contribution in [0.4, 0.5) is 0 Å². The largest absolute Gasteiger partial charge is 0.346 e. The van der Waals surface area contributed by atoms with Crippen molar-refractivity contribution in [2.24, 2.45) is 17.8 Å². The van der Waals surface area contributed by atoms with Crippen LogP contribution in [0.3, 0.4) is 0 Å². The van der Waals surface area contributed by atoms with Crippen LogP contribution in [0.2, 0.25) is 0 Å². The Morgan fingerprint density at radius 1 is 0.923 bits per heavy atom. The summed E-state index contributed by atoms with van der Waals surface area (Å²) in [7, 11) is 0. The molecule has 5 atom stereocenters. The quantitative estimate of drug-likeness (QED) is 0.197. The zero-order chi connectivity index (χ0) is 37.5. The number of aromatic nitrogens is 2. The molecule has 3 fully saturated rings. The molecule has 4 N–H and O–H groups in total. The van der Waals surface area contributed by atoms with Gasteiger partial charge in [-0.25, -0.2) is 4.98 Å². The number of carbonyl (C=O) groups is 6. The van der Waals surface area contributed by atoms with Crippen LogP contribution in [0.5, 0.6) is 0 Å². The molecule has 0 unspecified atom stereocenters. The SMILES string of the molecule is C=CCNC(=O)C(=O)[C@@H]1CCCCCCCCC[C@H](NC(=O)[C@@H](NC(=O)c2cnccn2)C2CCCCC2)C(=O)N2CC[C@H](CC(C)C)[C@H]2C(=O)N1. The average Bonchev–Trinajstić information content (AvgIpc) is 3.56. The van der Waals surface area contributed by atoms with Gasteiger partial charge in [0, 0.05) is 25.5 Å². The Hall–Kier alpha value is -4.16. The molecule has 2 aliphatic heterocycles. The van der Waals surface area contributed by atoms with Crippen molar-refractivity contribution >= 4 is 35.3 Å². The van der Waals surface area contributed by atoms with Crippen molar-refractivity contribution in [3.8, 4) is 0 Å². The minimum atomic E-state index is -1.02. The van der Waals surface area contributed by atoms with Gasteiger partial charge in [0.15, 0.2) is 0 Å². The fourth-order valence-electron chi connectivity index (χ4n) is 8.04. The summed E-state index contributed by atoms with van der Waals surface area (Å²) in [6.07, 6.45) is 18.2. The minimum Gasteiger partial charge on any atom is -0.346 e. The van der Waals surface area contributed by atoms with E-state index >= 15 is 0 Å². The molecule has 0 radical (unpaired) electrons. The van der Waals surface area contributed by atoms with E-state index in [1.165, 1.54) is 24.7 Å². The molecule has 3 aliphatic rings. The molecule has 4 rings (SSSR count). The number of carbonyl (C=O) groups excluding carboxylic acids is 6. The first-order chi connectivity index (χ1) is 25.1. The van der Waals surface area contributed by atoms with Crippen molar-refractivity contribution in [2.45, 2.75) is 141 Å².